The monoisotopic (exact) mass is 257 g/mol. The Labute approximate surface area is 111 Å². The summed E-state index contributed by atoms with van der Waals surface area (Å²) in [4.78, 5) is 23.5. The van der Waals surface area contributed by atoms with Crippen LogP contribution in [0.2, 0.25) is 0 Å². The second-order valence-electron chi connectivity index (χ2n) is 4.25. The van der Waals surface area contributed by atoms with Gasteiger partial charge in [0, 0.05) is 5.56 Å². The SMILES string of the molecule is COC(=O)[C@H](C)NC(=O)c1cccc2ccccc12. The van der Waals surface area contributed by atoms with Gasteiger partial charge in [0.15, 0.2) is 0 Å². The molecular weight excluding hydrogens is 242 g/mol. The number of amides is 1. The van der Waals surface area contributed by atoms with Gasteiger partial charge in [-0.25, -0.2) is 4.79 Å². The van der Waals surface area contributed by atoms with Crippen LogP contribution in [0.5, 0.6) is 0 Å². The lowest BCUT2D eigenvalue weighted by atomic mass is 10.0. The fraction of sp³-hybridized carbons (Fsp3) is 0.200. The molecule has 0 aliphatic heterocycles. The van der Waals surface area contributed by atoms with E-state index in [0.717, 1.165) is 10.8 Å². The van der Waals surface area contributed by atoms with Crippen LogP contribution in [0.4, 0.5) is 0 Å². The molecule has 98 valence electrons. The lowest BCUT2D eigenvalue weighted by molar-refractivity contribution is -0.142. The molecular formula is C15H15NO3. The molecule has 4 heteroatoms. The van der Waals surface area contributed by atoms with Crippen molar-refractivity contribution in [1.29, 1.82) is 0 Å². The summed E-state index contributed by atoms with van der Waals surface area (Å²) in [6.07, 6.45) is 0. The van der Waals surface area contributed by atoms with Crippen LogP contribution in [-0.2, 0) is 9.53 Å². The summed E-state index contributed by atoms with van der Waals surface area (Å²) in [6.45, 7) is 1.59. The molecule has 0 saturated heterocycles. The number of benzene rings is 2. The first-order chi connectivity index (χ1) is 9.13. The van der Waals surface area contributed by atoms with Crippen LogP contribution < -0.4 is 5.32 Å². The van der Waals surface area contributed by atoms with Crippen molar-refractivity contribution in [2.24, 2.45) is 0 Å². The van der Waals surface area contributed by atoms with E-state index in [2.05, 4.69) is 10.1 Å². The number of carbonyl (C=O) groups excluding carboxylic acids is 2. The molecule has 0 heterocycles. The van der Waals surface area contributed by atoms with Gasteiger partial charge >= 0.3 is 5.97 Å². The number of nitrogens with one attached hydrogen (secondary N) is 1. The Morgan fingerprint density at radius 3 is 2.53 bits per heavy atom. The van der Waals surface area contributed by atoms with E-state index >= 15 is 0 Å². The Bertz CT molecular complexity index is 616. The molecule has 2 rings (SSSR count). The van der Waals surface area contributed by atoms with Crippen molar-refractivity contribution in [1.82, 2.24) is 5.32 Å². The molecule has 0 aliphatic carbocycles. The van der Waals surface area contributed by atoms with E-state index in [9.17, 15) is 9.59 Å². The van der Waals surface area contributed by atoms with Crippen molar-refractivity contribution in [3.8, 4) is 0 Å². The van der Waals surface area contributed by atoms with E-state index in [-0.39, 0.29) is 5.91 Å². The van der Waals surface area contributed by atoms with Gasteiger partial charge in [-0.1, -0.05) is 36.4 Å². The number of methoxy groups -OCH3 is 1. The van der Waals surface area contributed by atoms with Gasteiger partial charge in [-0.05, 0) is 23.8 Å². The molecule has 19 heavy (non-hydrogen) atoms. The predicted molar refractivity (Wildman–Crippen MR) is 72.9 cm³/mol. The van der Waals surface area contributed by atoms with Crippen molar-refractivity contribution in [3.63, 3.8) is 0 Å². The second kappa shape index (κ2) is 5.52. The first-order valence-corrected chi connectivity index (χ1v) is 6.00. The summed E-state index contributed by atoms with van der Waals surface area (Å²) < 4.78 is 4.58. The fourth-order valence-corrected chi connectivity index (χ4v) is 1.93. The minimum atomic E-state index is -0.670. The topological polar surface area (TPSA) is 55.4 Å². The molecule has 1 atom stereocenters. The van der Waals surface area contributed by atoms with Crippen molar-refractivity contribution < 1.29 is 14.3 Å². The van der Waals surface area contributed by atoms with Gasteiger partial charge in [-0.3, -0.25) is 4.79 Å². The Hall–Kier alpha value is -2.36. The predicted octanol–water partition coefficient (Wildman–Crippen LogP) is 2.13. The number of esters is 1. The average molecular weight is 257 g/mol. The third kappa shape index (κ3) is 2.73. The van der Waals surface area contributed by atoms with Crippen LogP contribution in [0, 0.1) is 0 Å². The number of carbonyl (C=O) groups is 2. The third-order valence-electron chi connectivity index (χ3n) is 2.94. The molecule has 0 spiro atoms. The quantitative estimate of drug-likeness (QED) is 0.857. The van der Waals surface area contributed by atoms with E-state index in [1.165, 1.54) is 7.11 Å². The summed E-state index contributed by atoms with van der Waals surface area (Å²) in [7, 11) is 1.29. The van der Waals surface area contributed by atoms with Gasteiger partial charge in [0.25, 0.3) is 5.91 Å². The van der Waals surface area contributed by atoms with Gasteiger partial charge in [0.05, 0.1) is 7.11 Å². The molecule has 0 unspecified atom stereocenters. The molecule has 0 radical (unpaired) electrons. The fourth-order valence-electron chi connectivity index (χ4n) is 1.93. The Kier molecular flexibility index (Phi) is 3.80. The molecule has 0 aliphatic rings. The van der Waals surface area contributed by atoms with Gasteiger partial charge < -0.3 is 10.1 Å². The van der Waals surface area contributed by atoms with Crippen LogP contribution >= 0.6 is 0 Å². The van der Waals surface area contributed by atoms with Crippen molar-refractivity contribution in [2.45, 2.75) is 13.0 Å². The molecule has 0 bridgehead atoms. The summed E-state index contributed by atoms with van der Waals surface area (Å²) in [6, 6.07) is 12.4. The summed E-state index contributed by atoms with van der Waals surface area (Å²) in [5, 5.41) is 4.47. The lowest BCUT2D eigenvalue weighted by Crippen LogP contribution is -2.39. The highest BCUT2D eigenvalue weighted by Crippen LogP contribution is 2.18. The number of fused-ring (bicyclic) bond motifs is 1. The number of hydrogen-bond acceptors (Lipinski definition) is 3. The van der Waals surface area contributed by atoms with Crippen LogP contribution in [0.1, 0.15) is 17.3 Å². The highest BCUT2D eigenvalue weighted by molar-refractivity contribution is 6.07. The first kappa shape index (κ1) is 13.1. The van der Waals surface area contributed by atoms with Gasteiger partial charge in [-0.2, -0.15) is 0 Å². The van der Waals surface area contributed by atoms with Gasteiger partial charge in [0.1, 0.15) is 6.04 Å². The molecule has 0 saturated carbocycles. The molecule has 2 aromatic rings. The van der Waals surface area contributed by atoms with Crippen molar-refractivity contribution >= 4 is 22.6 Å². The molecule has 1 amide bonds. The normalized spacial score (nSPS) is 11.9. The highest BCUT2D eigenvalue weighted by Gasteiger charge is 2.17. The molecule has 2 aromatic carbocycles. The number of hydrogen-bond donors (Lipinski definition) is 1. The van der Waals surface area contributed by atoms with Gasteiger partial charge in [-0.15, -0.1) is 0 Å². The average Bonchev–Trinajstić information content (AvgIpc) is 2.45. The van der Waals surface area contributed by atoms with Crippen LogP contribution in [0.15, 0.2) is 42.5 Å². The minimum absolute atomic E-state index is 0.283. The maximum atomic E-state index is 12.2. The van der Waals surface area contributed by atoms with E-state index in [0.29, 0.717) is 5.56 Å². The molecule has 1 N–H and O–H groups in total. The van der Waals surface area contributed by atoms with Gasteiger partial charge in [0.2, 0.25) is 0 Å². The van der Waals surface area contributed by atoms with Crippen molar-refractivity contribution in [2.75, 3.05) is 7.11 Å². The van der Waals surface area contributed by atoms with Crippen molar-refractivity contribution in [3.05, 3.63) is 48.0 Å². The third-order valence-corrected chi connectivity index (χ3v) is 2.94. The molecule has 0 aromatic heterocycles. The first-order valence-electron chi connectivity index (χ1n) is 6.00. The zero-order valence-electron chi connectivity index (χ0n) is 10.8. The second-order valence-corrected chi connectivity index (χ2v) is 4.25. The minimum Gasteiger partial charge on any atom is -0.467 e. The Morgan fingerprint density at radius 1 is 1.11 bits per heavy atom. The van der Waals surface area contributed by atoms with Crippen LogP contribution in [0.25, 0.3) is 10.8 Å². The maximum absolute atomic E-state index is 12.2. The summed E-state index contributed by atoms with van der Waals surface area (Å²) in [5.41, 5.74) is 0.550. The van der Waals surface area contributed by atoms with E-state index < -0.39 is 12.0 Å². The number of ether oxygens (including phenoxy) is 1. The van der Waals surface area contributed by atoms with E-state index in [1.54, 1.807) is 13.0 Å². The Balaban J connectivity index is 2.29. The maximum Gasteiger partial charge on any atom is 0.328 e. The van der Waals surface area contributed by atoms with Crippen LogP contribution in [0.3, 0.4) is 0 Å². The zero-order chi connectivity index (χ0) is 13.8. The number of rotatable bonds is 3. The largest absolute Gasteiger partial charge is 0.467 e. The van der Waals surface area contributed by atoms with Crippen LogP contribution in [-0.4, -0.2) is 25.0 Å². The lowest BCUT2D eigenvalue weighted by Gasteiger charge is -2.12. The zero-order valence-corrected chi connectivity index (χ0v) is 10.8. The highest BCUT2D eigenvalue weighted by atomic mass is 16.5. The van der Waals surface area contributed by atoms with E-state index in [1.807, 2.05) is 36.4 Å². The standard InChI is InChI=1S/C15H15NO3/c1-10(15(18)19-2)16-14(17)13-9-5-7-11-6-3-4-8-12(11)13/h3-10H,1-2H3,(H,16,17)/t10-/m0/s1. The van der Waals surface area contributed by atoms with E-state index in [4.69, 9.17) is 0 Å². The molecule has 0 fully saturated rings. The molecule has 4 nitrogen and oxygen atoms in total. The Morgan fingerprint density at radius 2 is 1.79 bits per heavy atom. The summed E-state index contributed by atoms with van der Waals surface area (Å²) >= 11 is 0. The summed E-state index contributed by atoms with van der Waals surface area (Å²) in [5.74, 6) is -0.747. The smallest absolute Gasteiger partial charge is 0.328 e.